The summed E-state index contributed by atoms with van der Waals surface area (Å²) in [6, 6.07) is 11.7. The molecule has 2 aromatic rings. The fraction of sp³-hybridized carbons (Fsp3) is 0.412. The second-order valence-corrected chi connectivity index (χ2v) is 7.13. The van der Waals surface area contributed by atoms with Crippen LogP contribution in [0.2, 0.25) is 0 Å². The van der Waals surface area contributed by atoms with E-state index in [-0.39, 0.29) is 11.9 Å². The van der Waals surface area contributed by atoms with Gasteiger partial charge in [0.15, 0.2) is 0 Å². The largest absolute Gasteiger partial charge is 0.380 e. The fourth-order valence-electron chi connectivity index (χ4n) is 3.20. The predicted octanol–water partition coefficient (Wildman–Crippen LogP) is 2.69. The van der Waals surface area contributed by atoms with E-state index in [1.165, 1.54) is 0 Å². The average Bonchev–Trinajstić information content (AvgIpc) is 3.11. The smallest absolute Gasteiger partial charge is 0.292 e. The lowest BCUT2D eigenvalue weighted by atomic mass is 10.1. The number of amides is 1. The zero-order chi connectivity index (χ0) is 15.6. The van der Waals surface area contributed by atoms with Crippen LogP contribution in [0.3, 0.4) is 0 Å². The van der Waals surface area contributed by atoms with Crippen molar-refractivity contribution in [1.29, 1.82) is 0 Å². The Morgan fingerprint density at radius 3 is 3.04 bits per heavy atom. The predicted molar refractivity (Wildman–Crippen MR) is 88.4 cm³/mol. The third kappa shape index (κ3) is 2.88. The van der Waals surface area contributed by atoms with Crippen LogP contribution < -0.4 is 0 Å². The maximum absolute atomic E-state index is 12.8. The molecule has 1 aromatic carbocycles. The van der Waals surface area contributed by atoms with Crippen LogP contribution in [-0.2, 0) is 4.74 Å². The van der Waals surface area contributed by atoms with Gasteiger partial charge < -0.3 is 14.2 Å². The van der Waals surface area contributed by atoms with Gasteiger partial charge in [-0.2, -0.15) is 11.8 Å². The van der Waals surface area contributed by atoms with Gasteiger partial charge in [-0.25, -0.2) is 0 Å². The molecule has 2 aliphatic heterocycles. The van der Waals surface area contributed by atoms with Crippen LogP contribution in [0.25, 0.3) is 11.3 Å². The van der Waals surface area contributed by atoms with Gasteiger partial charge in [0.25, 0.3) is 5.91 Å². The zero-order valence-corrected chi connectivity index (χ0v) is 13.5. The lowest BCUT2D eigenvalue weighted by Gasteiger charge is -2.42. The molecule has 2 aliphatic rings. The molecule has 5 nitrogen and oxygen atoms in total. The molecule has 6 heteroatoms. The monoisotopic (exact) mass is 330 g/mol. The number of hydrogen-bond acceptors (Lipinski definition) is 5. The first-order valence-corrected chi connectivity index (χ1v) is 8.90. The van der Waals surface area contributed by atoms with E-state index in [4.69, 9.17) is 9.26 Å². The van der Waals surface area contributed by atoms with Crippen LogP contribution in [0.4, 0.5) is 0 Å². The molecule has 0 unspecified atom stereocenters. The maximum atomic E-state index is 12.8. The second kappa shape index (κ2) is 6.37. The van der Waals surface area contributed by atoms with Crippen molar-refractivity contribution in [1.82, 2.24) is 10.1 Å². The third-order valence-corrected chi connectivity index (χ3v) is 5.68. The molecule has 0 aliphatic carbocycles. The topological polar surface area (TPSA) is 55.6 Å². The summed E-state index contributed by atoms with van der Waals surface area (Å²) in [4.78, 5) is 14.8. The molecule has 0 radical (unpaired) electrons. The summed E-state index contributed by atoms with van der Waals surface area (Å²) in [7, 11) is 0. The number of rotatable bonds is 2. The molecule has 1 aromatic heterocycles. The molecule has 2 fully saturated rings. The van der Waals surface area contributed by atoms with Crippen LogP contribution >= 0.6 is 11.8 Å². The second-order valence-electron chi connectivity index (χ2n) is 5.78. The Balaban J connectivity index is 1.56. The molecule has 120 valence electrons. The highest BCUT2D eigenvalue weighted by atomic mass is 32.2. The van der Waals surface area contributed by atoms with Gasteiger partial charge in [-0.3, -0.25) is 4.79 Å². The number of benzene rings is 1. The van der Waals surface area contributed by atoms with Gasteiger partial charge >= 0.3 is 0 Å². The molecule has 0 N–H and O–H groups in total. The number of hydrogen-bond donors (Lipinski definition) is 0. The van der Waals surface area contributed by atoms with Gasteiger partial charge in [0.2, 0.25) is 5.76 Å². The lowest BCUT2D eigenvalue weighted by Crippen LogP contribution is -2.54. The van der Waals surface area contributed by atoms with E-state index in [1.807, 2.05) is 47.0 Å². The van der Waals surface area contributed by atoms with E-state index in [2.05, 4.69) is 5.16 Å². The van der Waals surface area contributed by atoms with Crippen molar-refractivity contribution in [3.8, 4) is 11.3 Å². The van der Waals surface area contributed by atoms with Gasteiger partial charge in [0.05, 0.1) is 6.61 Å². The summed E-state index contributed by atoms with van der Waals surface area (Å²) >= 11 is 1.90. The Morgan fingerprint density at radius 2 is 2.17 bits per heavy atom. The van der Waals surface area contributed by atoms with Crippen molar-refractivity contribution < 1.29 is 14.1 Å². The molecule has 0 saturated carbocycles. The molecule has 2 saturated heterocycles. The third-order valence-electron chi connectivity index (χ3n) is 4.39. The minimum absolute atomic E-state index is 0.0584. The first-order chi connectivity index (χ1) is 11.3. The molecule has 4 rings (SSSR count). The van der Waals surface area contributed by atoms with Crippen LogP contribution in [0, 0.1) is 0 Å². The normalized spacial score (nSPS) is 24.3. The van der Waals surface area contributed by atoms with E-state index >= 15 is 0 Å². The van der Waals surface area contributed by atoms with E-state index in [1.54, 1.807) is 6.07 Å². The number of ether oxygens (including phenoxy) is 1. The van der Waals surface area contributed by atoms with Crippen LogP contribution in [-0.4, -0.2) is 52.8 Å². The number of carbonyl (C=O) groups is 1. The Kier molecular flexibility index (Phi) is 4.10. The van der Waals surface area contributed by atoms with Crippen LogP contribution in [0.1, 0.15) is 17.0 Å². The first-order valence-electron chi connectivity index (χ1n) is 7.85. The van der Waals surface area contributed by atoms with E-state index < -0.39 is 0 Å². The van der Waals surface area contributed by atoms with Gasteiger partial charge in [-0.15, -0.1) is 0 Å². The van der Waals surface area contributed by atoms with Crippen molar-refractivity contribution in [3.63, 3.8) is 0 Å². The Labute approximate surface area is 139 Å². The van der Waals surface area contributed by atoms with Gasteiger partial charge in [0.1, 0.15) is 5.69 Å². The summed E-state index contributed by atoms with van der Waals surface area (Å²) in [6.45, 7) is 2.20. The first kappa shape index (κ1) is 14.8. The Morgan fingerprint density at radius 1 is 1.30 bits per heavy atom. The number of carbonyl (C=O) groups excluding carboxylic acids is 1. The maximum Gasteiger partial charge on any atom is 0.292 e. The molecule has 0 spiro atoms. The van der Waals surface area contributed by atoms with Crippen LogP contribution in [0.15, 0.2) is 40.9 Å². The highest BCUT2D eigenvalue weighted by molar-refractivity contribution is 8.00. The average molecular weight is 330 g/mol. The van der Waals surface area contributed by atoms with Crippen LogP contribution in [0.5, 0.6) is 0 Å². The molecule has 0 bridgehead atoms. The molecule has 1 amide bonds. The molecular weight excluding hydrogens is 312 g/mol. The van der Waals surface area contributed by atoms with E-state index in [0.717, 1.165) is 37.5 Å². The number of nitrogens with zero attached hydrogens (tertiary/aromatic N) is 2. The highest BCUT2D eigenvalue weighted by Gasteiger charge is 2.38. The molecule has 2 atom stereocenters. The minimum Gasteiger partial charge on any atom is -0.380 e. The van der Waals surface area contributed by atoms with Crippen molar-refractivity contribution in [3.05, 3.63) is 42.2 Å². The zero-order valence-electron chi connectivity index (χ0n) is 12.7. The van der Waals surface area contributed by atoms with Crippen molar-refractivity contribution >= 4 is 17.7 Å². The quantitative estimate of drug-likeness (QED) is 0.847. The molecular formula is C17H18N2O3S. The Bertz CT molecular complexity index is 686. The summed E-state index contributed by atoms with van der Waals surface area (Å²) in [5.74, 6) is 1.20. The van der Waals surface area contributed by atoms with Gasteiger partial charge in [-0.05, 0) is 6.42 Å². The summed E-state index contributed by atoms with van der Waals surface area (Å²) in [6.07, 6.45) is 0.892. The summed E-state index contributed by atoms with van der Waals surface area (Å²) in [5.41, 5.74) is 1.65. The standard InChI is InChI=1S/C17H18N2O3S/c20-17(19-7-9-23-16-11-21-8-6-14(16)19)15-10-13(18-22-15)12-4-2-1-3-5-12/h1-5,10,14,16H,6-9,11H2/t14-,16-/m0/s1. The number of aromatic nitrogens is 1. The van der Waals surface area contributed by atoms with Crippen molar-refractivity contribution in [2.45, 2.75) is 17.7 Å². The fourth-order valence-corrected chi connectivity index (χ4v) is 4.50. The Hall–Kier alpha value is -1.79. The van der Waals surface area contributed by atoms with Crippen molar-refractivity contribution in [2.75, 3.05) is 25.5 Å². The minimum atomic E-state index is -0.0584. The number of thioether (sulfide) groups is 1. The van der Waals surface area contributed by atoms with Gasteiger partial charge in [0, 0.05) is 41.8 Å². The van der Waals surface area contributed by atoms with E-state index in [9.17, 15) is 4.79 Å². The molecule has 3 heterocycles. The highest BCUT2D eigenvalue weighted by Crippen LogP contribution is 2.31. The summed E-state index contributed by atoms with van der Waals surface area (Å²) < 4.78 is 10.9. The molecule has 23 heavy (non-hydrogen) atoms. The number of fused-ring (bicyclic) bond motifs is 1. The van der Waals surface area contributed by atoms with Crippen molar-refractivity contribution in [2.24, 2.45) is 0 Å². The summed E-state index contributed by atoms with van der Waals surface area (Å²) in [5, 5.41) is 4.43. The van der Waals surface area contributed by atoms with Gasteiger partial charge in [-0.1, -0.05) is 35.5 Å². The lowest BCUT2D eigenvalue weighted by molar-refractivity contribution is 0.0296. The van der Waals surface area contributed by atoms with E-state index in [0.29, 0.717) is 16.7 Å². The SMILES string of the molecule is O=C(c1cc(-c2ccccc2)no1)N1CCS[C@H]2COCC[C@@H]21.